The van der Waals surface area contributed by atoms with E-state index in [-0.39, 0.29) is 0 Å². The largest absolute Gasteiger partial charge is 0.309 e. The molecule has 0 spiro atoms. The predicted octanol–water partition coefficient (Wildman–Crippen LogP) is 15.3. The Morgan fingerprint density at radius 2 is 0.926 bits per heavy atom. The van der Waals surface area contributed by atoms with E-state index in [1.54, 1.807) is 0 Å². The van der Waals surface area contributed by atoms with Crippen molar-refractivity contribution >= 4 is 59.3 Å². The zero-order valence-corrected chi connectivity index (χ0v) is 27.7. The normalized spacial score (nSPS) is 20.4. The fourth-order valence-electron chi connectivity index (χ4n) is 5.69. The molecule has 0 saturated carbocycles. The molecule has 0 fully saturated rings. The topological polar surface area (TPSA) is 3.24 Å². The Bertz CT molecular complexity index is 4860. The molecule has 10 aromatic rings. The lowest BCUT2D eigenvalue weighted by Gasteiger charge is -2.27. The molecule has 0 atom stereocenters. The van der Waals surface area contributed by atoms with Crippen LogP contribution < -0.4 is 4.90 Å². The molecule has 0 saturated heterocycles. The summed E-state index contributed by atoms with van der Waals surface area (Å²) >= 11 is 0.336. The van der Waals surface area contributed by atoms with Gasteiger partial charge in [0, 0.05) is 26.8 Å². The van der Waals surface area contributed by atoms with Gasteiger partial charge in [-0.05, 0) is 85.5 Å². The summed E-state index contributed by atoms with van der Waals surface area (Å²) in [6.07, 6.45) is 0. The molecule has 1 heterocycles. The van der Waals surface area contributed by atoms with Crippen LogP contribution in [0, 0.1) is 0 Å². The molecule has 0 amide bonds. The fourth-order valence-corrected chi connectivity index (χ4v) is 6.89. The SMILES string of the molecule is [2H]c1c([2H])c([2H])c(-c2c([2H])c([2H])c([2H])c(N(c3c([2H])c([2H])c(-c4c([2H])c([2H])c5c([2H])c([2H])c([2H])c([2H])c5c4-c4c([2H])c([2H])c([2H])c([2H])c4[2H])c([2H])c3[2H])c3c([2H])c([2H])c([2H])c4c3sc3c(-c5c([2H])c([2H])c([2H])c([2H])c5[2H])c([2H])c([2H])c([2H])c34)c2[2H])c([2H])c1[2H]. The minimum absolute atomic E-state index is 0.336. The molecule has 0 unspecified atom stereocenters. The first-order chi connectivity index (χ1) is 41.4. The van der Waals surface area contributed by atoms with E-state index in [2.05, 4.69) is 0 Å². The van der Waals surface area contributed by atoms with Gasteiger partial charge in [0.05, 0.1) is 58.4 Å². The standard InChI is InChI=1S/C52H35NS/c1-4-15-36(16-5-1)41-22-12-23-43(35-41)53(49-28-14-27-48-47-26-13-25-46(51(47)54-52(48)49)37-17-6-2-7-18-37)42-32-29-39(30-33-42)45-34-31-38-19-10-11-24-44(38)50(45)40-20-8-3-9-21-40/h1-35H/i1D,2D,3D,4D,5D,6D,7D,8D,9D,10D,11D,12D,13D,14D,15D,16D,17D,18D,19D,20D,21D,22D,23D,24D,25D,26D,27D,28D,29D,30D,31D,32D,33D,34D,35D. The highest BCUT2D eigenvalue weighted by molar-refractivity contribution is 7.27. The Morgan fingerprint density at radius 3 is 1.69 bits per heavy atom. The molecule has 0 aliphatic rings. The summed E-state index contributed by atoms with van der Waals surface area (Å²) in [6, 6.07) is -37.6. The minimum Gasteiger partial charge on any atom is -0.309 e. The number of hydrogen-bond acceptors (Lipinski definition) is 2. The fraction of sp³-hybridized carbons (Fsp3) is 0. The number of benzene rings is 9. The Kier molecular flexibility index (Phi) is 3.07. The van der Waals surface area contributed by atoms with E-state index in [1.807, 2.05) is 0 Å². The highest BCUT2D eigenvalue weighted by Gasteiger charge is 2.20. The van der Waals surface area contributed by atoms with Crippen LogP contribution in [0.5, 0.6) is 0 Å². The third-order valence-electron chi connectivity index (χ3n) is 7.99. The molecule has 0 aliphatic carbocycles. The van der Waals surface area contributed by atoms with Crippen LogP contribution >= 0.6 is 11.3 Å². The summed E-state index contributed by atoms with van der Waals surface area (Å²) in [4.78, 5) is 0.394. The number of rotatable bonds is 7. The van der Waals surface area contributed by atoms with Crippen molar-refractivity contribution in [1.29, 1.82) is 0 Å². The van der Waals surface area contributed by atoms with Gasteiger partial charge in [0.1, 0.15) is 0 Å². The van der Waals surface area contributed by atoms with E-state index in [1.165, 1.54) is 0 Å². The van der Waals surface area contributed by atoms with Gasteiger partial charge in [-0.15, -0.1) is 11.3 Å². The first-order valence-corrected chi connectivity index (χ1v) is 16.4. The van der Waals surface area contributed by atoms with Crippen LogP contribution in [0.4, 0.5) is 17.1 Å². The second-order valence-electron chi connectivity index (χ2n) is 11.0. The predicted molar refractivity (Wildman–Crippen MR) is 233 cm³/mol. The van der Waals surface area contributed by atoms with Crippen molar-refractivity contribution in [1.82, 2.24) is 0 Å². The monoisotopic (exact) mass is 740 g/mol. The molecule has 254 valence electrons. The first kappa shape index (κ1) is 12.1. The molecule has 1 nitrogen and oxygen atoms in total. The first-order valence-electron chi connectivity index (χ1n) is 33.1. The van der Waals surface area contributed by atoms with Gasteiger partial charge >= 0.3 is 0 Å². The summed E-state index contributed by atoms with van der Waals surface area (Å²) in [6.45, 7) is 0. The van der Waals surface area contributed by atoms with E-state index >= 15 is 0 Å². The number of fused-ring (bicyclic) bond motifs is 4. The summed E-state index contributed by atoms with van der Waals surface area (Å²) in [5, 5.41) is -2.72. The summed E-state index contributed by atoms with van der Waals surface area (Å²) in [5.41, 5.74) is -10.6. The van der Waals surface area contributed by atoms with Gasteiger partial charge < -0.3 is 4.90 Å². The van der Waals surface area contributed by atoms with Crippen molar-refractivity contribution < 1.29 is 48.0 Å². The lowest BCUT2D eigenvalue weighted by molar-refractivity contribution is 1.30. The van der Waals surface area contributed by atoms with Crippen LogP contribution in [0.3, 0.4) is 0 Å². The van der Waals surface area contributed by atoms with Crippen LogP contribution in [-0.4, -0.2) is 0 Å². The van der Waals surface area contributed by atoms with Crippen LogP contribution in [0.1, 0.15) is 48.0 Å². The lowest BCUT2D eigenvalue weighted by atomic mass is 9.90. The van der Waals surface area contributed by atoms with E-state index in [0.717, 1.165) is 0 Å². The zero-order chi connectivity index (χ0) is 66.3. The molecule has 0 bridgehead atoms. The molecule has 1 aromatic heterocycles. The average Bonchev–Trinajstić information content (AvgIpc) is 1.69. The molecule has 54 heavy (non-hydrogen) atoms. The molecule has 0 radical (unpaired) electrons. The van der Waals surface area contributed by atoms with E-state index in [0.29, 0.717) is 16.2 Å². The third kappa shape index (κ3) is 5.65. The highest BCUT2D eigenvalue weighted by atomic mass is 32.1. The quantitative estimate of drug-likeness (QED) is 0.157. The van der Waals surface area contributed by atoms with Crippen molar-refractivity contribution in [2.75, 3.05) is 4.90 Å². The molecule has 10 rings (SSSR count). The molecular weight excluding hydrogens is 671 g/mol. The molecule has 0 N–H and O–H groups in total. The van der Waals surface area contributed by atoms with E-state index < -0.39 is 304 Å². The maximum Gasteiger partial charge on any atom is 0.0651 e. The Morgan fingerprint density at radius 1 is 0.352 bits per heavy atom. The van der Waals surface area contributed by atoms with Gasteiger partial charge in [-0.3, -0.25) is 0 Å². The minimum atomic E-state index is -1.39. The van der Waals surface area contributed by atoms with Gasteiger partial charge in [0.15, 0.2) is 0 Å². The van der Waals surface area contributed by atoms with Crippen molar-refractivity contribution in [2.24, 2.45) is 0 Å². The van der Waals surface area contributed by atoms with E-state index in [4.69, 9.17) is 30.2 Å². The summed E-state index contributed by atoms with van der Waals surface area (Å²) < 4.78 is 316. The highest BCUT2D eigenvalue weighted by Crippen LogP contribution is 2.48. The van der Waals surface area contributed by atoms with Gasteiger partial charge in [0.25, 0.3) is 0 Å². The van der Waals surface area contributed by atoms with Gasteiger partial charge in [-0.1, -0.05) is 181 Å². The van der Waals surface area contributed by atoms with Gasteiger partial charge in [-0.25, -0.2) is 0 Å². The number of anilines is 3. The van der Waals surface area contributed by atoms with Crippen molar-refractivity contribution in [3.8, 4) is 44.5 Å². The van der Waals surface area contributed by atoms with Gasteiger partial charge in [-0.2, -0.15) is 0 Å². The molecule has 2 heteroatoms. The van der Waals surface area contributed by atoms with Crippen LogP contribution in [0.15, 0.2) is 211 Å². The summed E-state index contributed by atoms with van der Waals surface area (Å²) in [5.74, 6) is 0. The smallest absolute Gasteiger partial charge is 0.0651 e. The second kappa shape index (κ2) is 13.7. The van der Waals surface area contributed by atoms with E-state index in [9.17, 15) is 17.8 Å². The average molecular weight is 741 g/mol. The third-order valence-corrected chi connectivity index (χ3v) is 9.20. The second-order valence-corrected chi connectivity index (χ2v) is 12.0. The number of nitrogens with zero attached hydrogens (tertiary/aromatic N) is 1. The maximum absolute atomic E-state index is 9.99. The van der Waals surface area contributed by atoms with Crippen LogP contribution in [0.25, 0.3) is 75.5 Å². The summed E-state index contributed by atoms with van der Waals surface area (Å²) in [7, 11) is 0. The van der Waals surface area contributed by atoms with Crippen molar-refractivity contribution in [3.63, 3.8) is 0 Å². The lowest BCUT2D eigenvalue weighted by Crippen LogP contribution is -2.10. The Hall–Kier alpha value is -6.74. The molecule has 9 aromatic carbocycles. The molecular formula is C52H35NS. The van der Waals surface area contributed by atoms with Gasteiger partial charge in [0.2, 0.25) is 0 Å². The van der Waals surface area contributed by atoms with Crippen molar-refractivity contribution in [2.45, 2.75) is 0 Å². The van der Waals surface area contributed by atoms with Crippen LogP contribution in [0.2, 0.25) is 0 Å². The maximum atomic E-state index is 9.99. The zero-order valence-electron chi connectivity index (χ0n) is 61.9. The van der Waals surface area contributed by atoms with Crippen molar-refractivity contribution in [3.05, 3.63) is 211 Å². The Balaban J connectivity index is 1.48. The number of hydrogen-bond donors (Lipinski definition) is 0. The Labute approximate surface area is 368 Å². The number of thiophene rings is 1. The molecule has 0 aliphatic heterocycles. The van der Waals surface area contributed by atoms with Crippen LogP contribution in [-0.2, 0) is 0 Å².